The summed E-state index contributed by atoms with van der Waals surface area (Å²) in [6.07, 6.45) is 0.741. The van der Waals surface area contributed by atoms with Crippen LogP contribution in [0.2, 0.25) is 0 Å². The van der Waals surface area contributed by atoms with E-state index in [2.05, 4.69) is 15.0 Å². The highest BCUT2D eigenvalue weighted by Gasteiger charge is 2.44. The Balaban J connectivity index is 1.68. The Bertz CT molecular complexity index is 766. The van der Waals surface area contributed by atoms with E-state index in [0.29, 0.717) is 11.2 Å². The molecule has 0 unspecified atom stereocenters. The second-order valence-electron chi connectivity index (χ2n) is 6.44. The maximum atomic E-state index is 12.9. The molecule has 0 radical (unpaired) electrons. The molecule has 2 aromatic rings. The SMILES string of the molecule is Nc1nc(OC2CCCC2)nc2c1ncn2[C@@H]1O[C@H](CF)[C@H](O)[C@H]1O. The molecule has 0 spiro atoms. The molecule has 3 heterocycles. The van der Waals surface area contributed by atoms with Crippen LogP contribution in [0.3, 0.4) is 0 Å². The number of fused-ring (bicyclic) bond motifs is 1. The van der Waals surface area contributed by atoms with Crippen molar-refractivity contribution in [1.29, 1.82) is 0 Å². The zero-order valence-corrected chi connectivity index (χ0v) is 13.5. The molecular weight excluding hydrogens is 333 g/mol. The van der Waals surface area contributed by atoms with Crippen molar-refractivity contribution in [2.24, 2.45) is 0 Å². The number of alkyl halides is 1. The van der Waals surface area contributed by atoms with Crippen molar-refractivity contribution in [3.63, 3.8) is 0 Å². The van der Waals surface area contributed by atoms with Gasteiger partial charge in [-0.3, -0.25) is 4.57 Å². The molecule has 2 aromatic heterocycles. The van der Waals surface area contributed by atoms with E-state index >= 15 is 0 Å². The van der Waals surface area contributed by atoms with Crippen LogP contribution in [0.25, 0.3) is 11.2 Å². The number of imidazole rings is 1. The molecule has 9 nitrogen and oxygen atoms in total. The molecule has 0 bridgehead atoms. The third-order valence-corrected chi connectivity index (χ3v) is 4.77. The van der Waals surface area contributed by atoms with E-state index in [1.165, 1.54) is 10.9 Å². The molecule has 136 valence electrons. The average Bonchev–Trinajstić information content (AvgIpc) is 3.30. The second kappa shape index (κ2) is 6.36. The van der Waals surface area contributed by atoms with Crippen LogP contribution in [0.15, 0.2) is 6.33 Å². The van der Waals surface area contributed by atoms with Crippen LogP contribution >= 0.6 is 0 Å². The zero-order valence-electron chi connectivity index (χ0n) is 13.5. The third kappa shape index (κ3) is 2.79. The number of aliphatic hydroxyl groups is 2. The lowest BCUT2D eigenvalue weighted by atomic mass is 10.1. The van der Waals surface area contributed by atoms with Crippen molar-refractivity contribution < 1.29 is 24.1 Å². The van der Waals surface area contributed by atoms with Gasteiger partial charge in [0.15, 0.2) is 23.2 Å². The smallest absolute Gasteiger partial charge is 0.320 e. The van der Waals surface area contributed by atoms with Gasteiger partial charge in [0.1, 0.15) is 31.1 Å². The lowest BCUT2D eigenvalue weighted by Crippen LogP contribution is -2.32. The molecular formula is C15H20FN5O4. The highest BCUT2D eigenvalue weighted by Crippen LogP contribution is 2.33. The molecule has 25 heavy (non-hydrogen) atoms. The maximum absolute atomic E-state index is 12.9. The van der Waals surface area contributed by atoms with Crippen LogP contribution in [0.4, 0.5) is 10.2 Å². The normalized spacial score (nSPS) is 30.4. The predicted octanol–water partition coefficient (Wildman–Crippen LogP) is 0.319. The first-order chi connectivity index (χ1) is 12.1. The second-order valence-corrected chi connectivity index (χ2v) is 6.44. The lowest BCUT2D eigenvalue weighted by Gasteiger charge is -2.17. The fourth-order valence-electron chi connectivity index (χ4n) is 3.40. The number of anilines is 1. The molecule has 4 rings (SSSR count). The molecule has 1 saturated carbocycles. The summed E-state index contributed by atoms with van der Waals surface area (Å²) < 4.78 is 25.5. The number of aromatic nitrogens is 4. The van der Waals surface area contributed by atoms with Crippen molar-refractivity contribution >= 4 is 17.0 Å². The van der Waals surface area contributed by atoms with Crippen molar-refractivity contribution in [3.05, 3.63) is 6.33 Å². The summed E-state index contributed by atoms with van der Waals surface area (Å²) >= 11 is 0. The lowest BCUT2D eigenvalue weighted by molar-refractivity contribution is -0.0409. The Labute approximate surface area is 142 Å². The number of nitrogens with zero attached hydrogens (tertiary/aromatic N) is 4. The van der Waals surface area contributed by atoms with E-state index in [1.807, 2.05) is 0 Å². The summed E-state index contributed by atoms with van der Waals surface area (Å²) in [5.74, 6) is 0.145. The Morgan fingerprint density at radius 1 is 1.28 bits per heavy atom. The summed E-state index contributed by atoms with van der Waals surface area (Å²) in [7, 11) is 0. The summed E-state index contributed by atoms with van der Waals surface area (Å²) in [5, 5.41) is 20.0. The Morgan fingerprint density at radius 2 is 2.04 bits per heavy atom. The van der Waals surface area contributed by atoms with Crippen molar-refractivity contribution in [2.45, 2.75) is 56.3 Å². The fraction of sp³-hybridized carbons (Fsp3) is 0.667. The van der Waals surface area contributed by atoms with Gasteiger partial charge in [0.2, 0.25) is 0 Å². The van der Waals surface area contributed by atoms with Crippen molar-refractivity contribution in [2.75, 3.05) is 12.4 Å². The predicted molar refractivity (Wildman–Crippen MR) is 84.5 cm³/mol. The van der Waals surface area contributed by atoms with Gasteiger partial charge >= 0.3 is 6.01 Å². The average molecular weight is 353 g/mol. The standard InChI is InChI=1S/C15H20FN5O4/c16-5-8-10(22)11(23)14(25-8)21-6-18-9-12(17)19-15(20-13(9)21)24-7-3-1-2-4-7/h6-8,10-11,14,22-23H,1-5H2,(H2,17,19,20)/t8-,10+,11-,14-/m1/s1. The van der Waals surface area contributed by atoms with E-state index < -0.39 is 31.2 Å². The van der Waals surface area contributed by atoms with Crippen LogP contribution in [0.1, 0.15) is 31.9 Å². The first-order valence-corrected chi connectivity index (χ1v) is 8.32. The molecule has 4 N–H and O–H groups in total. The van der Waals surface area contributed by atoms with Gasteiger partial charge in [0.25, 0.3) is 0 Å². The molecule has 0 aromatic carbocycles. The summed E-state index contributed by atoms with van der Waals surface area (Å²) in [6.45, 7) is -0.908. The molecule has 4 atom stereocenters. The topological polar surface area (TPSA) is 129 Å². The minimum atomic E-state index is -1.33. The van der Waals surface area contributed by atoms with Crippen LogP contribution in [-0.2, 0) is 4.74 Å². The number of aliphatic hydroxyl groups excluding tert-OH is 2. The van der Waals surface area contributed by atoms with Gasteiger partial charge in [-0.25, -0.2) is 9.37 Å². The Hall–Kier alpha value is -2.04. The zero-order chi connectivity index (χ0) is 17.6. The summed E-state index contributed by atoms with van der Waals surface area (Å²) in [6, 6.07) is 0.133. The molecule has 1 aliphatic carbocycles. The van der Waals surface area contributed by atoms with Gasteiger partial charge in [-0.1, -0.05) is 0 Å². The molecule has 10 heteroatoms. The number of nitrogens with two attached hydrogens (primary N) is 1. The fourth-order valence-corrected chi connectivity index (χ4v) is 3.40. The first kappa shape index (κ1) is 16.4. The molecule has 2 fully saturated rings. The van der Waals surface area contributed by atoms with Crippen LogP contribution in [0.5, 0.6) is 6.01 Å². The molecule has 0 amide bonds. The van der Waals surface area contributed by atoms with E-state index in [4.69, 9.17) is 15.2 Å². The van der Waals surface area contributed by atoms with Crippen molar-refractivity contribution in [1.82, 2.24) is 19.5 Å². The monoisotopic (exact) mass is 353 g/mol. The molecule has 2 aliphatic rings. The first-order valence-electron chi connectivity index (χ1n) is 8.32. The minimum Gasteiger partial charge on any atom is -0.460 e. The van der Waals surface area contributed by atoms with Crippen LogP contribution < -0.4 is 10.5 Å². The largest absolute Gasteiger partial charge is 0.460 e. The Kier molecular flexibility index (Phi) is 4.18. The van der Waals surface area contributed by atoms with E-state index in [9.17, 15) is 14.6 Å². The van der Waals surface area contributed by atoms with Gasteiger partial charge in [0.05, 0.1) is 6.33 Å². The number of hydrogen-bond acceptors (Lipinski definition) is 8. The molecule has 1 saturated heterocycles. The quantitative estimate of drug-likeness (QED) is 0.717. The summed E-state index contributed by atoms with van der Waals surface area (Å²) in [4.78, 5) is 12.6. The highest BCUT2D eigenvalue weighted by atomic mass is 19.1. The van der Waals surface area contributed by atoms with E-state index in [0.717, 1.165) is 25.7 Å². The third-order valence-electron chi connectivity index (χ3n) is 4.77. The molecule has 1 aliphatic heterocycles. The Morgan fingerprint density at radius 3 is 2.72 bits per heavy atom. The number of rotatable bonds is 4. The number of nitrogen functional groups attached to an aromatic ring is 1. The summed E-state index contributed by atoms with van der Waals surface area (Å²) in [5.41, 5.74) is 6.57. The number of halogens is 1. The van der Waals surface area contributed by atoms with E-state index in [-0.39, 0.29) is 17.9 Å². The van der Waals surface area contributed by atoms with Gasteiger partial charge in [0, 0.05) is 0 Å². The van der Waals surface area contributed by atoms with Gasteiger partial charge in [-0.15, -0.1) is 0 Å². The van der Waals surface area contributed by atoms with Gasteiger partial charge in [-0.2, -0.15) is 9.97 Å². The maximum Gasteiger partial charge on any atom is 0.320 e. The van der Waals surface area contributed by atoms with Crippen molar-refractivity contribution in [3.8, 4) is 6.01 Å². The number of ether oxygens (including phenoxy) is 2. The number of hydrogen-bond donors (Lipinski definition) is 3. The van der Waals surface area contributed by atoms with Gasteiger partial charge < -0.3 is 25.4 Å². The van der Waals surface area contributed by atoms with Crippen LogP contribution in [0, 0.1) is 0 Å². The highest BCUT2D eigenvalue weighted by molar-refractivity contribution is 5.82. The van der Waals surface area contributed by atoms with Gasteiger partial charge in [-0.05, 0) is 25.7 Å². The minimum absolute atomic E-state index is 0.0549. The van der Waals surface area contributed by atoms with E-state index in [1.54, 1.807) is 0 Å². The van der Waals surface area contributed by atoms with Crippen LogP contribution in [-0.4, -0.2) is 60.8 Å².